The lowest BCUT2D eigenvalue weighted by Gasteiger charge is -2.02. The molecule has 81 valence electrons. The first-order valence-corrected chi connectivity index (χ1v) is 5.15. The van der Waals surface area contributed by atoms with E-state index in [1.165, 1.54) is 5.56 Å². The Bertz CT molecular complexity index is 285. The number of ether oxygens (including phenoxy) is 1. The molecular formula is C12H16NO2. The molecule has 0 unspecified atom stereocenters. The molecular weight excluding hydrogens is 190 g/mol. The Hall–Kier alpha value is -1.35. The smallest absolute Gasteiger partial charge is 0.307 e. The highest BCUT2D eigenvalue weighted by Gasteiger charge is 2.00. The zero-order valence-electron chi connectivity index (χ0n) is 8.98. The van der Waals surface area contributed by atoms with Crippen molar-refractivity contribution < 1.29 is 9.53 Å². The molecule has 0 heterocycles. The van der Waals surface area contributed by atoms with Gasteiger partial charge in [-0.2, -0.15) is 0 Å². The Balaban J connectivity index is 2.10. The van der Waals surface area contributed by atoms with E-state index in [1.807, 2.05) is 30.3 Å². The van der Waals surface area contributed by atoms with E-state index >= 15 is 0 Å². The molecule has 0 spiro atoms. The van der Waals surface area contributed by atoms with Gasteiger partial charge in [0.15, 0.2) is 0 Å². The van der Waals surface area contributed by atoms with Gasteiger partial charge >= 0.3 is 5.97 Å². The van der Waals surface area contributed by atoms with Crippen molar-refractivity contribution in [1.29, 1.82) is 0 Å². The van der Waals surface area contributed by atoms with Crippen LogP contribution in [0.3, 0.4) is 0 Å². The van der Waals surface area contributed by atoms with Crippen LogP contribution in [-0.4, -0.2) is 19.1 Å². The molecule has 1 rings (SSSR count). The van der Waals surface area contributed by atoms with E-state index in [0.29, 0.717) is 26.1 Å². The third kappa shape index (κ3) is 5.18. The van der Waals surface area contributed by atoms with Gasteiger partial charge < -0.3 is 4.74 Å². The van der Waals surface area contributed by atoms with Crippen molar-refractivity contribution in [3.05, 3.63) is 35.9 Å². The van der Waals surface area contributed by atoms with Crippen molar-refractivity contribution in [2.24, 2.45) is 0 Å². The van der Waals surface area contributed by atoms with Gasteiger partial charge in [0, 0.05) is 13.1 Å². The highest BCUT2D eigenvalue weighted by Crippen LogP contribution is 1.98. The maximum absolute atomic E-state index is 11.0. The molecule has 3 heteroatoms. The molecule has 0 bridgehead atoms. The van der Waals surface area contributed by atoms with Crippen LogP contribution >= 0.6 is 0 Å². The average Bonchev–Trinajstić information content (AvgIpc) is 2.26. The van der Waals surface area contributed by atoms with Crippen molar-refractivity contribution in [1.82, 2.24) is 5.32 Å². The molecule has 15 heavy (non-hydrogen) atoms. The number of esters is 1. The van der Waals surface area contributed by atoms with Gasteiger partial charge in [0.2, 0.25) is 0 Å². The van der Waals surface area contributed by atoms with Crippen LogP contribution in [0.25, 0.3) is 0 Å². The van der Waals surface area contributed by atoms with Gasteiger partial charge in [0.05, 0.1) is 13.0 Å². The molecule has 1 aromatic carbocycles. The van der Waals surface area contributed by atoms with E-state index < -0.39 is 0 Å². The second-order valence-electron chi connectivity index (χ2n) is 3.15. The lowest BCUT2D eigenvalue weighted by Crippen LogP contribution is -2.13. The summed E-state index contributed by atoms with van der Waals surface area (Å²) in [6.07, 6.45) is 0.376. The van der Waals surface area contributed by atoms with Gasteiger partial charge in [0.25, 0.3) is 0 Å². The lowest BCUT2D eigenvalue weighted by atomic mass is 10.2. The van der Waals surface area contributed by atoms with E-state index in [2.05, 4.69) is 5.32 Å². The summed E-state index contributed by atoms with van der Waals surface area (Å²) in [6.45, 7) is 3.45. The third-order valence-corrected chi connectivity index (χ3v) is 1.92. The first-order valence-electron chi connectivity index (χ1n) is 5.15. The molecule has 0 aromatic heterocycles. The van der Waals surface area contributed by atoms with Gasteiger partial charge in [-0.1, -0.05) is 30.3 Å². The molecule has 0 aliphatic carbocycles. The summed E-state index contributed by atoms with van der Waals surface area (Å²) in [6, 6.07) is 9.98. The molecule has 0 fully saturated rings. The third-order valence-electron chi connectivity index (χ3n) is 1.92. The molecule has 1 aromatic rings. The molecule has 0 N–H and O–H groups in total. The molecule has 0 saturated carbocycles. The molecule has 3 nitrogen and oxygen atoms in total. The lowest BCUT2D eigenvalue weighted by molar-refractivity contribution is -0.142. The van der Waals surface area contributed by atoms with Crippen molar-refractivity contribution in [2.75, 3.05) is 13.2 Å². The van der Waals surface area contributed by atoms with E-state index in [1.54, 1.807) is 6.92 Å². The van der Waals surface area contributed by atoms with E-state index in [9.17, 15) is 4.79 Å². The monoisotopic (exact) mass is 206 g/mol. The van der Waals surface area contributed by atoms with Crippen LogP contribution in [0.2, 0.25) is 0 Å². The van der Waals surface area contributed by atoms with Crippen LogP contribution in [0.4, 0.5) is 0 Å². The summed E-state index contributed by atoms with van der Waals surface area (Å²) in [7, 11) is 0. The Morgan fingerprint density at radius 2 is 2.07 bits per heavy atom. The van der Waals surface area contributed by atoms with Crippen LogP contribution in [-0.2, 0) is 16.1 Å². The maximum Gasteiger partial charge on any atom is 0.307 e. The summed E-state index contributed by atoms with van der Waals surface area (Å²) < 4.78 is 4.80. The zero-order valence-corrected chi connectivity index (χ0v) is 8.98. The van der Waals surface area contributed by atoms with Gasteiger partial charge in [-0.3, -0.25) is 4.79 Å². The summed E-state index contributed by atoms with van der Waals surface area (Å²) in [4.78, 5) is 11.0. The number of carbonyl (C=O) groups excluding carboxylic acids is 1. The van der Waals surface area contributed by atoms with Crippen molar-refractivity contribution in [3.63, 3.8) is 0 Å². The number of benzene rings is 1. The maximum atomic E-state index is 11.0. The minimum atomic E-state index is -0.172. The Labute approximate surface area is 90.4 Å². The van der Waals surface area contributed by atoms with Crippen molar-refractivity contribution >= 4 is 5.97 Å². The SMILES string of the molecule is CCOC(=O)CC[N]Cc1ccccc1. The Morgan fingerprint density at radius 3 is 2.73 bits per heavy atom. The van der Waals surface area contributed by atoms with Crippen molar-refractivity contribution in [2.45, 2.75) is 19.9 Å². The fourth-order valence-electron chi connectivity index (χ4n) is 1.20. The molecule has 0 aliphatic heterocycles. The number of nitrogens with zero attached hydrogens (tertiary/aromatic N) is 1. The minimum Gasteiger partial charge on any atom is -0.466 e. The van der Waals surface area contributed by atoms with Crippen LogP contribution < -0.4 is 5.32 Å². The molecule has 0 atom stereocenters. The molecule has 0 amide bonds. The van der Waals surface area contributed by atoms with Crippen molar-refractivity contribution in [3.8, 4) is 0 Å². The van der Waals surface area contributed by atoms with E-state index in [-0.39, 0.29) is 5.97 Å². The van der Waals surface area contributed by atoms with Crippen LogP contribution in [0, 0.1) is 0 Å². The van der Waals surface area contributed by atoms with Gasteiger partial charge in [-0.25, -0.2) is 5.32 Å². The molecule has 1 radical (unpaired) electrons. The van der Waals surface area contributed by atoms with Crippen LogP contribution in [0.15, 0.2) is 30.3 Å². The topological polar surface area (TPSA) is 40.4 Å². The quantitative estimate of drug-likeness (QED) is 0.525. The normalized spacial score (nSPS) is 9.93. The average molecular weight is 206 g/mol. The number of rotatable bonds is 6. The summed E-state index contributed by atoms with van der Waals surface area (Å²) >= 11 is 0. The van der Waals surface area contributed by atoms with Gasteiger partial charge in [-0.05, 0) is 12.5 Å². The number of hydrogen-bond donors (Lipinski definition) is 0. The van der Waals surface area contributed by atoms with E-state index in [0.717, 1.165) is 0 Å². The first-order chi connectivity index (χ1) is 7.33. The second-order valence-corrected chi connectivity index (χ2v) is 3.15. The zero-order chi connectivity index (χ0) is 10.9. The van der Waals surface area contributed by atoms with Gasteiger partial charge in [-0.15, -0.1) is 0 Å². The van der Waals surface area contributed by atoms with Crippen LogP contribution in [0.1, 0.15) is 18.9 Å². The predicted octanol–water partition coefficient (Wildman–Crippen LogP) is 1.74. The Morgan fingerprint density at radius 1 is 1.33 bits per heavy atom. The predicted molar refractivity (Wildman–Crippen MR) is 58.4 cm³/mol. The highest BCUT2D eigenvalue weighted by atomic mass is 16.5. The second kappa shape index (κ2) is 7.01. The summed E-state index contributed by atoms with van der Waals surface area (Å²) in [5.74, 6) is -0.172. The highest BCUT2D eigenvalue weighted by molar-refractivity contribution is 5.69. The van der Waals surface area contributed by atoms with Gasteiger partial charge in [0.1, 0.15) is 0 Å². The fraction of sp³-hybridized carbons (Fsp3) is 0.417. The fourth-order valence-corrected chi connectivity index (χ4v) is 1.20. The number of carbonyl (C=O) groups is 1. The number of hydrogen-bond acceptors (Lipinski definition) is 2. The first kappa shape index (κ1) is 11.7. The standard InChI is InChI=1S/C12H16NO2/c1-2-15-12(14)8-9-13-10-11-6-4-3-5-7-11/h3-7H,2,8-10H2,1H3. The van der Waals surface area contributed by atoms with Crippen LogP contribution in [0.5, 0.6) is 0 Å². The minimum absolute atomic E-state index is 0.172. The molecule has 0 saturated heterocycles. The Kier molecular flexibility index (Phi) is 5.48. The summed E-state index contributed by atoms with van der Waals surface area (Å²) in [5, 5.41) is 4.26. The van der Waals surface area contributed by atoms with E-state index in [4.69, 9.17) is 4.74 Å². The largest absolute Gasteiger partial charge is 0.466 e. The summed E-state index contributed by atoms with van der Waals surface area (Å²) in [5.41, 5.74) is 1.17. The molecule has 0 aliphatic rings.